The van der Waals surface area contributed by atoms with Gasteiger partial charge in [-0.3, -0.25) is 15.0 Å². The van der Waals surface area contributed by atoms with Gasteiger partial charge in [-0.2, -0.15) is 0 Å². The molecule has 1 aromatic carbocycles. The van der Waals surface area contributed by atoms with Gasteiger partial charge < -0.3 is 11.1 Å². The van der Waals surface area contributed by atoms with Crippen molar-refractivity contribution >= 4 is 24.3 Å². The van der Waals surface area contributed by atoms with Gasteiger partial charge in [0.1, 0.15) is 0 Å². The van der Waals surface area contributed by atoms with E-state index in [0.29, 0.717) is 18.4 Å². The predicted molar refractivity (Wildman–Crippen MR) is 92.6 cm³/mol. The number of hydrogen-bond donors (Lipinski definition) is 3. The minimum Gasteiger partial charge on any atom is -0.341 e. The van der Waals surface area contributed by atoms with E-state index in [9.17, 15) is 9.59 Å². The number of nitrogens with two attached hydrogens (primary N) is 1. The molecule has 4 N–H and O–H groups in total. The van der Waals surface area contributed by atoms with E-state index in [1.165, 1.54) is 12.6 Å². The molecule has 3 atom stereocenters. The summed E-state index contributed by atoms with van der Waals surface area (Å²) >= 11 is 0. The van der Waals surface area contributed by atoms with Gasteiger partial charge in [-0.15, -0.1) is 12.4 Å². The van der Waals surface area contributed by atoms with Gasteiger partial charge in [0.05, 0.1) is 6.04 Å². The zero-order valence-corrected chi connectivity index (χ0v) is 14.3. The number of benzene rings is 1. The van der Waals surface area contributed by atoms with Gasteiger partial charge in [-0.25, -0.2) is 4.79 Å². The fourth-order valence-corrected chi connectivity index (χ4v) is 2.98. The molecule has 6 nitrogen and oxygen atoms in total. The Labute approximate surface area is 143 Å². The lowest BCUT2D eigenvalue weighted by Crippen LogP contribution is -2.48. The molecule has 0 bridgehead atoms. The summed E-state index contributed by atoms with van der Waals surface area (Å²) < 4.78 is 0. The van der Waals surface area contributed by atoms with Crippen molar-refractivity contribution in [3.63, 3.8) is 0 Å². The van der Waals surface area contributed by atoms with Crippen molar-refractivity contribution in [2.75, 3.05) is 26.7 Å². The number of imide groups is 1. The molecule has 23 heavy (non-hydrogen) atoms. The van der Waals surface area contributed by atoms with Crippen molar-refractivity contribution in [2.45, 2.75) is 18.9 Å². The van der Waals surface area contributed by atoms with Crippen LogP contribution in [0.5, 0.6) is 0 Å². The van der Waals surface area contributed by atoms with Gasteiger partial charge in [0.2, 0.25) is 5.91 Å². The zero-order valence-electron chi connectivity index (χ0n) is 13.5. The first-order valence-corrected chi connectivity index (χ1v) is 7.58. The van der Waals surface area contributed by atoms with Crippen LogP contribution in [0.1, 0.15) is 18.4 Å². The molecule has 0 spiro atoms. The van der Waals surface area contributed by atoms with Crippen molar-refractivity contribution in [1.29, 1.82) is 0 Å². The highest BCUT2D eigenvalue weighted by Crippen LogP contribution is 2.32. The van der Waals surface area contributed by atoms with Crippen molar-refractivity contribution in [1.82, 2.24) is 15.5 Å². The van der Waals surface area contributed by atoms with Crippen LogP contribution in [0.2, 0.25) is 0 Å². The lowest BCUT2D eigenvalue weighted by Gasteiger charge is -2.23. The Hall–Kier alpha value is -1.63. The average molecular weight is 341 g/mol. The van der Waals surface area contributed by atoms with E-state index < -0.39 is 6.03 Å². The minimum atomic E-state index is -0.481. The molecule has 1 fully saturated rings. The Morgan fingerprint density at radius 3 is 2.52 bits per heavy atom. The molecule has 2 rings (SSSR count). The van der Waals surface area contributed by atoms with Gasteiger partial charge in [0, 0.05) is 26.1 Å². The monoisotopic (exact) mass is 340 g/mol. The van der Waals surface area contributed by atoms with E-state index in [1.807, 2.05) is 25.1 Å². The number of nitrogens with zero attached hydrogens (tertiary/aromatic N) is 1. The highest BCUT2D eigenvalue weighted by molar-refractivity contribution is 5.96. The number of likely N-dealkylation sites (tertiary alicyclic amines) is 1. The van der Waals surface area contributed by atoms with Crippen LogP contribution >= 0.6 is 12.4 Å². The molecule has 1 heterocycles. The van der Waals surface area contributed by atoms with Crippen LogP contribution < -0.4 is 16.4 Å². The van der Waals surface area contributed by atoms with E-state index >= 15 is 0 Å². The van der Waals surface area contributed by atoms with E-state index in [4.69, 9.17) is 5.73 Å². The summed E-state index contributed by atoms with van der Waals surface area (Å²) in [7, 11) is 1.49. The predicted octanol–water partition coefficient (Wildman–Crippen LogP) is 0.927. The van der Waals surface area contributed by atoms with Gasteiger partial charge in [-0.05, 0) is 24.9 Å². The van der Waals surface area contributed by atoms with E-state index in [2.05, 4.69) is 27.7 Å². The number of rotatable bonds is 4. The van der Waals surface area contributed by atoms with Crippen LogP contribution in [0, 0.1) is 5.92 Å². The number of hydrogen-bond acceptors (Lipinski definition) is 4. The Balaban J connectivity index is 0.00000264. The van der Waals surface area contributed by atoms with E-state index in [1.54, 1.807) is 0 Å². The highest BCUT2D eigenvalue weighted by atomic mass is 35.5. The smallest absolute Gasteiger partial charge is 0.321 e. The molecule has 1 aliphatic heterocycles. The fourth-order valence-electron chi connectivity index (χ4n) is 2.98. The second-order valence-electron chi connectivity index (χ2n) is 5.71. The third-order valence-corrected chi connectivity index (χ3v) is 4.39. The van der Waals surface area contributed by atoms with Crippen LogP contribution in [0.3, 0.4) is 0 Å². The first-order valence-electron chi connectivity index (χ1n) is 7.58. The standard InChI is InChI=1S/C16H24N4O2.ClH/c1-11(15(21)19-16(22)18-2)20-9-13(8-17)14(10-20)12-6-4-3-5-7-12;/h3-7,11,13-14H,8-10,17H2,1-2H3,(H2,18,19,21,22);1H/t11?,13-,14+;/m1./s1. The molecular formula is C16H25ClN4O2. The lowest BCUT2D eigenvalue weighted by atomic mass is 9.89. The molecule has 0 radical (unpaired) electrons. The van der Waals surface area contributed by atoms with Crippen LogP contribution in [-0.4, -0.2) is 49.6 Å². The number of carbonyl (C=O) groups is 2. The zero-order chi connectivity index (χ0) is 16.1. The molecular weight excluding hydrogens is 316 g/mol. The van der Waals surface area contributed by atoms with Gasteiger partial charge >= 0.3 is 6.03 Å². The quantitative estimate of drug-likeness (QED) is 0.761. The van der Waals surface area contributed by atoms with Crippen LogP contribution in [-0.2, 0) is 4.79 Å². The van der Waals surface area contributed by atoms with Crippen molar-refractivity contribution in [2.24, 2.45) is 11.7 Å². The van der Waals surface area contributed by atoms with Gasteiger partial charge in [0.25, 0.3) is 0 Å². The molecule has 3 amide bonds. The first kappa shape index (κ1) is 19.4. The lowest BCUT2D eigenvalue weighted by molar-refractivity contribution is -0.124. The second kappa shape index (κ2) is 8.86. The van der Waals surface area contributed by atoms with E-state index in [-0.39, 0.29) is 24.4 Å². The summed E-state index contributed by atoms with van der Waals surface area (Å²) in [6.45, 7) is 3.94. The molecule has 1 saturated heterocycles. The maximum atomic E-state index is 12.1. The Bertz CT molecular complexity index is 526. The number of urea groups is 1. The Morgan fingerprint density at radius 1 is 1.30 bits per heavy atom. The summed E-state index contributed by atoms with van der Waals surface area (Å²) in [5.41, 5.74) is 7.16. The largest absolute Gasteiger partial charge is 0.341 e. The van der Waals surface area contributed by atoms with Gasteiger partial charge in [0.15, 0.2) is 0 Å². The number of amides is 3. The number of carbonyl (C=O) groups excluding carboxylic acids is 2. The average Bonchev–Trinajstić information content (AvgIpc) is 2.99. The van der Waals surface area contributed by atoms with Gasteiger partial charge in [-0.1, -0.05) is 30.3 Å². The Morgan fingerprint density at radius 2 is 1.96 bits per heavy atom. The van der Waals surface area contributed by atoms with Crippen LogP contribution in [0.4, 0.5) is 4.79 Å². The third kappa shape index (κ3) is 4.67. The number of nitrogens with one attached hydrogen (secondary N) is 2. The molecule has 7 heteroatoms. The van der Waals surface area contributed by atoms with E-state index in [0.717, 1.165) is 13.1 Å². The topological polar surface area (TPSA) is 87.5 Å². The molecule has 128 valence electrons. The molecule has 1 unspecified atom stereocenters. The summed E-state index contributed by atoms with van der Waals surface area (Å²) in [5, 5.41) is 4.72. The summed E-state index contributed by atoms with van der Waals surface area (Å²) in [6.07, 6.45) is 0. The minimum absolute atomic E-state index is 0. The fraction of sp³-hybridized carbons (Fsp3) is 0.500. The van der Waals surface area contributed by atoms with Crippen LogP contribution in [0.15, 0.2) is 30.3 Å². The van der Waals surface area contributed by atoms with Crippen molar-refractivity contribution in [3.8, 4) is 0 Å². The molecule has 1 aliphatic rings. The molecule has 0 aromatic heterocycles. The summed E-state index contributed by atoms with van der Waals surface area (Å²) in [6, 6.07) is 9.40. The van der Waals surface area contributed by atoms with Crippen molar-refractivity contribution < 1.29 is 9.59 Å². The highest BCUT2D eigenvalue weighted by Gasteiger charge is 2.37. The molecule has 0 saturated carbocycles. The SMILES string of the molecule is CNC(=O)NC(=O)C(C)N1C[C@@H](CN)[C@H](c2ccccc2)C1.Cl. The maximum absolute atomic E-state index is 12.1. The van der Waals surface area contributed by atoms with Crippen LogP contribution in [0.25, 0.3) is 0 Å². The number of halogens is 1. The molecule has 1 aromatic rings. The molecule has 0 aliphatic carbocycles. The summed E-state index contributed by atoms with van der Waals surface area (Å²) in [5.74, 6) is 0.350. The normalized spacial score (nSPS) is 22.0. The first-order chi connectivity index (χ1) is 10.6. The summed E-state index contributed by atoms with van der Waals surface area (Å²) in [4.78, 5) is 25.4. The third-order valence-electron chi connectivity index (χ3n) is 4.39. The second-order valence-corrected chi connectivity index (χ2v) is 5.71. The Kier molecular flexibility index (Phi) is 7.48. The van der Waals surface area contributed by atoms with Crippen molar-refractivity contribution in [3.05, 3.63) is 35.9 Å². The maximum Gasteiger partial charge on any atom is 0.321 e.